The average Bonchev–Trinajstić information content (AvgIpc) is 2.31. The third-order valence-corrected chi connectivity index (χ3v) is 2.88. The van der Waals surface area contributed by atoms with E-state index in [1.54, 1.807) is 32.2 Å². The molecule has 3 amide bonds. The van der Waals surface area contributed by atoms with E-state index in [1.165, 1.54) is 0 Å². The van der Waals surface area contributed by atoms with E-state index in [9.17, 15) is 9.59 Å². The normalized spacial score (nSPS) is 11.5. The van der Waals surface area contributed by atoms with Crippen LogP contribution in [-0.2, 0) is 4.79 Å². The molecular formula is C11H14BrN3O3. The minimum Gasteiger partial charge on any atom is -0.497 e. The van der Waals surface area contributed by atoms with Gasteiger partial charge in [0.05, 0.1) is 12.8 Å². The standard InChI is InChI=1S/C11H14BrN3O3/c1-6(10(16)15-11(13)17)14-9-5-7(18-2)3-4-8(9)12/h3-6,14H,1-2H3,(H3,13,15,16,17). The quantitative estimate of drug-likeness (QED) is 0.784. The van der Waals surface area contributed by atoms with Crippen molar-refractivity contribution < 1.29 is 14.3 Å². The average molecular weight is 316 g/mol. The molecule has 98 valence electrons. The second kappa shape index (κ2) is 6.25. The van der Waals surface area contributed by atoms with Crippen molar-refractivity contribution >= 4 is 33.6 Å². The van der Waals surface area contributed by atoms with Gasteiger partial charge in [0.1, 0.15) is 11.8 Å². The van der Waals surface area contributed by atoms with Crippen LogP contribution in [0.25, 0.3) is 0 Å². The molecule has 0 saturated carbocycles. The van der Waals surface area contributed by atoms with Crippen LogP contribution in [0.15, 0.2) is 22.7 Å². The van der Waals surface area contributed by atoms with Crippen LogP contribution in [0.4, 0.5) is 10.5 Å². The molecular weight excluding hydrogens is 302 g/mol. The highest BCUT2D eigenvalue weighted by Gasteiger charge is 2.15. The van der Waals surface area contributed by atoms with E-state index in [0.717, 1.165) is 4.47 Å². The fraction of sp³-hybridized carbons (Fsp3) is 0.273. The summed E-state index contributed by atoms with van der Waals surface area (Å²) in [5.74, 6) is 0.153. The molecule has 0 aliphatic heterocycles. The first-order chi connectivity index (χ1) is 8.43. The van der Waals surface area contributed by atoms with Gasteiger partial charge in [-0.05, 0) is 35.0 Å². The van der Waals surface area contributed by atoms with Gasteiger partial charge in [0.2, 0.25) is 5.91 Å². The van der Waals surface area contributed by atoms with Crippen LogP contribution in [0.3, 0.4) is 0 Å². The maximum absolute atomic E-state index is 11.5. The van der Waals surface area contributed by atoms with Crippen LogP contribution in [0.1, 0.15) is 6.92 Å². The van der Waals surface area contributed by atoms with Crippen molar-refractivity contribution in [3.05, 3.63) is 22.7 Å². The molecule has 0 saturated heterocycles. The third kappa shape index (κ3) is 3.92. The maximum Gasteiger partial charge on any atom is 0.318 e. The number of anilines is 1. The zero-order chi connectivity index (χ0) is 13.7. The number of carbonyl (C=O) groups excluding carboxylic acids is 2. The molecule has 18 heavy (non-hydrogen) atoms. The predicted octanol–water partition coefficient (Wildman–Crippen LogP) is 1.45. The summed E-state index contributed by atoms with van der Waals surface area (Å²) in [4.78, 5) is 22.1. The summed E-state index contributed by atoms with van der Waals surface area (Å²) in [6.07, 6.45) is 0. The molecule has 0 aliphatic rings. The fourth-order valence-corrected chi connectivity index (χ4v) is 1.63. The molecule has 0 bridgehead atoms. The summed E-state index contributed by atoms with van der Waals surface area (Å²) in [6.45, 7) is 1.62. The van der Waals surface area contributed by atoms with Gasteiger partial charge in [-0.2, -0.15) is 0 Å². The Balaban J connectivity index is 2.77. The summed E-state index contributed by atoms with van der Waals surface area (Å²) in [5, 5.41) is 4.95. The number of ether oxygens (including phenoxy) is 1. The number of methoxy groups -OCH3 is 1. The first kappa shape index (κ1) is 14.3. The minimum absolute atomic E-state index is 0.503. The number of amides is 3. The number of benzene rings is 1. The number of hydrogen-bond donors (Lipinski definition) is 3. The van der Waals surface area contributed by atoms with Gasteiger partial charge in [0.15, 0.2) is 0 Å². The van der Waals surface area contributed by atoms with Gasteiger partial charge in [0, 0.05) is 10.5 Å². The SMILES string of the molecule is COc1ccc(Br)c(NC(C)C(=O)NC(N)=O)c1. The van der Waals surface area contributed by atoms with Crippen LogP contribution in [0.2, 0.25) is 0 Å². The Bertz CT molecular complexity index is 465. The van der Waals surface area contributed by atoms with E-state index >= 15 is 0 Å². The van der Waals surface area contributed by atoms with E-state index in [1.807, 2.05) is 5.32 Å². The number of halogens is 1. The monoisotopic (exact) mass is 315 g/mol. The Morgan fingerprint density at radius 2 is 2.11 bits per heavy atom. The van der Waals surface area contributed by atoms with Gasteiger partial charge in [-0.25, -0.2) is 4.79 Å². The summed E-state index contributed by atoms with van der Waals surface area (Å²) >= 11 is 3.35. The summed E-state index contributed by atoms with van der Waals surface area (Å²) in [7, 11) is 1.55. The van der Waals surface area contributed by atoms with Crippen LogP contribution in [-0.4, -0.2) is 25.1 Å². The number of nitrogens with one attached hydrogen (secondary N) is 2. The number of primary amides is 1. The molecule has 0 spiro atoms. The van der Waals surface area contributed by atoms with Crippen LogP contribution >= 0.6 is 15.9 Å². The van der Waals surface area contributed by atoms with Crippen molar-refractivity contribution in [2.75, 3.05) is 12.4 Å². The first-order valence-corrected chi connectivity index (χ1v) is 5.93. The van der Waals surface area contributed by atoms with Crippen LogP contribution < -0.4 is 21.1 Å². The van der Waals surface area contributed by atoms with Crippen molar-refractivity contribution in [2.24, 2.45) is 5.73 Å². The smallest absolute Gasteiger partial charge is 0.318 e. The highest BCUT2D eigenvalue weighted by Crippen LogP contribution is 2.27. The van der Waals surface area contributed by atoms with Crippen LogP contribution in [0.5, 0.6) is 5.75 Å². The van der Waals surface area contributed by atoms with E-state index < -0.39 is 18.0 Å². The molecule has 1 aromatic carbocycles. The molecule has 0 radical (unpaired) electrons. The van der Waals surface area contributed by atoms with Crippen molar-refractivity contribution in [3.8, 4) is 5.75 Å². The Morgan fingerprint density at radius 1 is 1.44 bits per heavy atom. The topological polar surface area (TPSA) is 93.4 Å². The number of imide groups is 1. The molecule has 1 atom stereocenters. The summed E-state index contributed by atoms with van der Waals surface area (Å²) < 4.78 is 5.86. The molecule has 0 aliphatic carbocycles. The first-order valence-electron chi connectivity index (χ1n) is 5.14. The Morgan fingerprint density at radius 3 is 2.67 bits per heavy atom. The van der Waals surface area contributed by atoms with Gasteiger partial charge in [0.25, 0.3) is 0 Å². The molecule has 0 fully saturated rings. The molecule has 1 aromatic rings. The van der Waals surface area contributed by atoms with Gasteiger partial charge in [-0.15, -0.1) is 0 Å². The zero-order valence-electron chi connectivity index (χ0n) is 9.99. The van der Waals surface area contributed by atoms with E-state index in [2.05, 4.69) is 21.2 Å². The number of rotatable bonds is 4. The molecule has 1 rings (SSSR count). The molecule has 0 aromatic heterocycles. The van der Waals surface area contributed by atoms with E-state index in [4.69, 9.17) is 10.5 Å². The zero-order valence-corrected chi connectivity index (χ0v) is 11.6. The second-order valence-electron chi connectivity index (χ2n) is 3.57. The largest absolute Gasteiger partial charge is 0.497 e. The lowest BCUT2D eigenvalue weighted by atomic mass is 10.2. The molecule has 0 heterocycles. The van der Waals surface area contributed by atoms with E-state index in [0.29, 0.717) is 11.4 Å². The van der Waals surface area contributed by atoms with Crippen molar-refractivity contribution in [1.82, 2.24) is 5.32 Å². The van der Waals surface area contributed by atoms with Crippen LogP contribution in [0, 0.1) is 0 Å². The Kier molecular flexibility index (Phi) is 4.96. The van der Waals surface area contributed by atoms with Gasteiger partial charge in [-0.3, -0.25) is 10.1 Å². The fourth-order valence-electron chi connectivity index (χ4n) is 1.27. The predicted molar refractivity (Wildman–Crippen MR) is 71.5 cm³/mol. The molecule has 1 unspecified atom stereocenters. The highest BCUT2D eigenvalue weighted by atomic mass is 79.9. The Hall–Kier alpha value is -1.76. The van der Waals surface area contributed by atoms with Gasteiger partial charge >= 0.3 is 6.03 Å². The van der Waals surface area contributed by atoms with Gasteiger partial charge in [-0.1, -0.05) is 0 Å². The second-order valence-corrected chi connectivity index (χ2v) is 4.42. The van der Waals surface area contributed by atoms with Crippen molar-refractivity contribution in [2.45, 2.75) is 13.0 Å². The van der Waals surface area contributed by atoms with Crippen molar-refractivity contribution in [3.63, 3.8) is 0 Å². The lowest BCUT2D eigenvalue weighted by Crippen LogP contribution is -2.43. The molecule has 6 nitrogen and oxygen atoms in total. The third-order valence-electron chi connectivity index (χ3n) is 2.19. The molecule has 4 N–H and O–H groups in total. The summed E-state index contributed by atoms with van der Waals surface area (Å²) in [6, 6.07) is 3.82. The Labute approximate surface area is 113 Å². The number of urea groups is 1. The summed E-state index contributed by atoms with van der Waals surface area (Å²) in [5.41, 5.74) is 5.55. The number of nitrogens with two attached hydrogens (primary N) is 1. The van der Waals surface area contributed by atoms with E-state index in [-0.39, 0.29) is 0 Å². The maximum atomic E-state index is 11.5. The van der Waals surface area contributed by atoms with Crippen molar-refractivity contribution in [1.29, 1.82) is 0 Å². The lowest BCUT2D eigenvalue weighted by molar-refractivity contribution is -0.120. The lowest BCUT2D eigenvalue weighted by Gasteiger charge is -2.15. The van der Waals surface area contributed by atoms with Gasteiger partial charge < -0.3 is 15.8 Å². The molecule has 7 heteroatoms. The number of carbonyl (C=O) groups is 2. The highest BCUT2D eigenvalue weighted by molar-refractivity contribution is 9.10. The minimum atomic E-state index is -0.877. The number of hydrogen-bond acceptors (Lipinski definition) is 4.